The summed E-state index contributed by atoms with van der Waals surface area (Å²) in [6, 6.07) is 25.7. The van der Waals surface area contributed by atoms with Crippen LogP contribution in [0.25, 0.3) is 11.1 Å². The van der Waals surface area contributed by atoms with E-state index in [2.05, 4.69) is 47.0 Å². The summed E-state index contributed by atoms with van der Waals surface area (Å²) in [6.45, 7) is 1.41. The molecule has 3 aromatic rings. The van der Waals surface area contributed by atoms with Crippen molar-refractivity contribution in [1.82, 2.24) is 10.6 Å². The molecule has 0 aliphatic heterocycles. The lowest BCUT2D eigenvalue weighted by atomic mass is 9.99. The van der Waals surface area contributed by atoms with E-state index in [0.717, 1.165) is 54.4 Å². The number of unbranched alkanes of at least 4 members (excludes halogenated alkanes) is 2. The van der Waals surface area contributed by atoms with Crippen LogP contribution in [0.1, 0.15) is 55.2 Å². The van der Waals surface area contributed by atoms with Gasteiger partial charge >= 0.3 is 12.1 Å². The van der Waals surface area contributed by atoms with Gasteiger partial charge in [0, 0.05) is 13.0 Å². The second-order valence-electron chi connectivity index (χ2n) is 10.3. The van der Waals surface area contributed by atoms with E-state index in [0.29, 0.717) is 32.4 Å². The maximum Gasteiger partial charge on any atom is 0.407 e. The number of nitrogens with one attached hydrogen (secondary N) is 2. The summed E-state index contributed by atoms with van der Waals surface area (Å²) in [5.74, 6) is -0.596. The number of rotatable bonds is 17. The zero-order valence-electron chi connectivity index (χ0n) is 24.5. The van der Waals surface area contributed by atoms with E-state index in [4.69, 9.17) is 15.2 Å². The molecule has 0 heterocycles. The fraction of sp³-hybridized carbons (Fsp3) is 0.382. The van der Waals surface area contributed by atoms with Gasteiger partial charge in [-0.15, -0.1) is 0 Å². The van der Waals surface area contributed by atoms with Crippen LogP contribution in [0.5, 0.6) is 0 Å². The number of hydrogen-bond acceptors (Lipinski definition) is 6. The Labute approximate surface area is 249 Å². The minimum atomic E-state index is -0.634. The van der Waals surface area contributed by atoms with E-state index in [9.17, 15) is 14.4 Å². The average Bonchev–Trinajstić information content (AvgIpc) is 3.03. The molecular formula is C34H43N3O5. The van der Waals surface area contributed by atoms with Crippen molar-refractivity contribution >= 4 is 18.0 Å². The third-order valence-corrected chi connectivity index (χ3v) is 7.02. The van der Waals surface area contributed by atoms with Gasteiger partial charge in [0.15, 0.2) is 0 Å². The summed E-state index contributed by atoms with van der Waals surface area (Å²) >= 11 is 0. The van der Waals surface area contributed by atoms with Crippen LogP contribution >= 0.6 is 0 Å². The van der Waals surface area contributed by atoms with Gasteiger partial charge in [-0.3, -0.25) is 4.79 Å². The first-order chi connectivity index (χ1) is 20.5. The Bertz CT molecular complexity index is 1230. The summed E-state index contributed by atoms with van der Waals surface area (Å²) in [6.07, 6.45) is 5.34. The second kappa shape index (κ2) is 18.3. The highest BCUT2D eigenvalue weighted by molar-refractivity contribution is 5.84. The third-order valence-electron chi connectivity index (χ3n) is 7.02. The predicted molar refractivity (Wildman–Crippen MR) is 165 cm³/mol. The van der Waals surface area contributed by atoms with Crippen molar-refractivity contribution < 1.29 is 23.9 Å². The van der Waals surface area contributed by atoms with Crippen molar-refractivity contribution in [1.29, 1.82) is 0 Å². The number of amides is 2. The molecule has 3 aromatic carbocycles. The molecule has 3 rings (SSSR count). The number of benzene rings is 3. The first-order valence-corrected chi connectivity index (χ1v) is 14.7. The normalized spacial score (nSPS) is 11.4. The lowest BCUT2D eigenvalue weighted by Crippen LogP contribution is -2.41. The fourth-order valence-corrected chi connectivity index (χ4v) is 4.55. The van der Waals surface area contributed by atoms with Gasteiger partial charge in [-0.25, -0.2) is 9.59 Å². The van der Waals surface area contributed by atoms with E-state index >= 15 is 0 Å². The number of aryl methyl sites for hydroxylation is 2. The van der Waals surface area contributed by atoms with Crippen LogP contribution in [0.2, 0.25) is 0 Å². The SMILES string of the molecule is COC(=O)[C@H](CCCCN)NC(=O)CCc1ccc(-c2ccc(CCCCNC(=O)OCc3ccccc3)cc2)cc1. The predicted octanol–water partition coefficient (Wildman–Crippen LogP) is 5.32. The van der Waals surface area contributed by atoms with Crippen molar-refractivity contribution in [2.75, 3.05) is 20.2 Å². The Kier molecular flexibility index (Phi) is 14.1. The molecule has 1 atom stereocenters. The van der Waals surface area contributed by atoms with E-state index in [1.54, 1.807) is 0 Å². The van der Waals surface area contributed by atoms with Crippen LogP contribution < -0.4 is 16.4 Å². The molecule has 0 bridgehead atoms. The molecule has 224 valence electrons. The number of ether oxygens (including phenoxy) is 2. The molecular weight excluding hydrogens is 530 g/mol. The quantitative estimate of drug-likeness (QED) is 0.149. The maximum absolute atomic E-state index is 12.4. The first-order valence-electron chi connectivity index (χ1n) is 14.7. The summed E-state index contributed by atoms with van der Waals surface area (Å²) in [4.78, 5) is 36.3. The van der Waals surface area contributed by atoms with Crippen molar-refractivity contribution in [3.8, 4) is 11.1 Å². The molecule has 4 N–H and O–H groups in total. The molecule has 0 radical (unpaired) electrons. The molecule has 0 saturated heterocycles. The standard InChI is InChI=1S/C34H43N3O5/c1-41-33(39)31(12-5-7-23-35)37-32(38)22-17-27-15-20-30(21-16-27)29-18-13-26(14-19-29)9-6-8-24-36-34(40)42-25-28-10-3-2-4-11-28/h2-4,10-11,13-16,18-21,31H,5-9,12,17,22-25,35H2,1H3,(H,36,40)(H,37,38)/t31-/m0/s1. The number of carbonyl (C=O) groups is 3. The topological polar surface area (TPSA) is 120 Å². The highest BCUT2D eigenvalue weighted by Gasteiger charge is 2.20. The molecule has 2 amide bonds. The molecule has 0 unspecified atom stereocenters. The van der Waals surface area contributed by atoms with Crippen LogP contribution in [0.15, 0.2) is 78.9 Å². The van der Waals surface area contributed by atoms with Gasteiger partial charge in [0.05, 0.1) is 7.11 Å². The summed E-state index contributed by atoms with van der Waals surface area (Å²) in [5, 5.41) is 5.61. The Morgan fingerprint density at radius 2 is 1.40 bits per heavy atom. The maximum atomic E-state index is 12.4. The number of carbonyl (C=O) groups excluding carboxylic acids is 3. The Balaban J connectivity index is 1.35. The highest BCUT2D eigenvalue weighted by atomic mass is 16.5. The number of methoxy groups -OCH3 is 1. The zero-order chi connectivity index (χ0) is 30.0. The van der Waals surface area contributed by atoms with E-state index in [1.165, 1.54) is 12.7 Å². The third kappa shape index (κ3) is 11.7. The molecule has 0 aliphatic carbocycles. The Hall–Kier alpha value is -4.17. The van der Waals surface area contributed by atoms with Crippen LogP contribution in [-0.4, -0.2) is 44.2 Å². The number of nitrogens with two attached hydrogens (primary N) is 1. The van der Waals surface area contributed by atoms with Crippen LogP contribution in [0.4, 0.5) is 4.79 Å². The highest BCUT2D eigenvalue weighted by Crippen LogP contribution is 2.21. The van der Waals surface area contributed by atoms with Gasteiger partial charge in [0.1, 0.15) is 12.6 Å². The lowest BCUT2D eigenvalue weighted by molar-refractivity contribution is -0.145. The second-order valence-corrected chi connectivity index (χ2v) is 10.3. The average molecular weight is 574 g/mol. The van der Waals surface area contributed by atoms with Gasteiger partial charge in [0.2, 0.25) is 5.91 Å². The van der Waals surface area contributed by atoms with Crippen LogP contribution in [-0.2, 0) is 38.5 Å². The summed E-state index contributed by atoms with van der Waals surface area (Å²) in [5.41, 5.74) is 11.0. The van der Waals surface area contributed by atoms with E-state index in [-0.39, 0.29) is 12.5 Å². The van der Waals surface area contributed by atoms with Crippen molar-refractivity contribution in [3.05, 3.63) is 95.6 Å². The van der Waals surface area contributed by atoms with Gasteiger partial charge in [-0.05, 0) is 79.3 Å². The van der Waals surface area contributed by atoms with Gasteiger partial charge in [0.25, 0.3) is 0 Å². The van der Waals surface area contributed by atoms with Crippen LogP contribution in [0, 0.1) is 0 Å². The summed E-state index contributed by atoms with van der Waals surface area (Å²) < 4.78 is 10.1. The van der Waals surface area contributed by atoms with Crippen molar-refractivity contribution in [3.63, 3.8) is 0 Å². The number of esters is 1. The molecule has 0 fully saturated rings. The number of hydrogen-bond donors (Lipinski definition) is 3. The molecule has 0 saturated carbocycles. The Morgan fingerprint density at radius 3 is 2.02 bits per heavy atom. The monoisotopic (exact) mass is 573 g/mol. The lowest BCUT2D eigenvalue weighted by Gasteiger charge is -2.16. The smallest absolute Gasteiger partial charge is 0.407 e. The molecule has 0 aromatic heterocycles. The largest absolute Gasteiger partial charge is 0.467 e. The first kappa shape index (κ1) is 32.3. The molecule has 8 heteroatoms. The van der Waals surface area contributed by atoms with Crippen molar-refractivity contribution in [2.24, 2.45) is 5.73 Å². The zero-order valence-corrected chi connectivity index (χ0v) is 24.5. The fourth-order valence-electron chi connectivity index (χ4n) is 4.55. The van der Waals surface area contributed by atoms with Gasteiger partial charge < -0.3 is 25.8 Å². The minimum Gasteiger partial charge on any atom is -0.467 e. The Morgan fingerprint density at radius 1 is 0.762 bits per heavy atom. The minimum absolute atomic E-state index is 0.170. The van der Waals surface area contributed by atoms with E-state index in [1.807, 2.05) is 42.5 Å². The molecule has 0 aliphatic rings. The van der Waals surface area contributed by atoms with Crippen molar-refractivity contribution in [2.45, 2.75) is 64.0 Å². The van der Waals surface area contributed by atoms with Gasteiger partial charge in [-0.2, -0.15) is 0 Å². The van der Waals surface area contributed by atoms with Gasteiger partial charge in [-0.1, -0.05) is 78.9 Å². The number of alkyl carbamates (subject to hydrolysis) is 1. The van der Waals surface area contributed by atoms with Crippen LogP contribution in [0.3, 0.4) is 0 Å². The summed E-state index contributed by atoms with van der Waals surface area (Å²) in [7, 11) is 1.33. The molecule has 42 heavy (non-hydrogen) atoms. The molecule has 8 nitrogen and oxygen atoms in total. The molecule has 0 spiro atoms. The van der Waals surface area contributed by atoms with E-state index < -0.39 is 18.1 Å².